The van der Waals surface area contributed by atoms with E-state index in [0.717, 1.165) is 47.0 Å². The van der Waals surface area contributed by atoms with Gasteiger partial charge in [-0.05, 0) is 18.6 Å². The third-order valence-corrected chi connectivity index (χ3v) is 4.12. The summed E-state index contributed by atoms with van der Waals surface area (Å²) in [5, 5.41) is 4.81. The van der Waals surface area contributed by atoms with Crippen molar-refractivity contribution in [3.05, 3.63) is 29.9 Å². The highest BCUT2D eigenvalue weighted by Crippen LogP contribution is 2.25. The Balaban J connectivity index is 1.64. The van der Waals surface area contributed by atoms with Crippen molar-refractivity contribution in [3.63, 3.8) is 0 Å². The summed E-state index contributed by atoms with van der Waals surface area (Å²) in [4.78, 5) is 12.2. The van der Waals surface area contributed by atoms with Gasteiger partial charge in [0.1, 0.15) is 5.75 Å². The van der Waals surface area contributed by atoms with Crippen molar-refractivity contribution in [1.29, 1.82) is 0 Å². The molecule has 0 spiro atoms. The Kier molecular flexibility index (Phi) is 4.62. The minimum Gasteiger partial charge on any atom is -0.497 e. The van der Waals surface area contributed by atoms with Gasteiger partial charge in [-0.15, -0.1) is 0 Å². The van der Waals surface area contributed by atoms with E-state index in [4.69, 9.17) is 9.26 Å². The Morgan fingerprint density at radius 1 is 1.32 bits per heavy atom. The summed E-state index contributed by atoms with van der Waals surface area (Å²) in [6.07, 6.45) is 3.08. The summed E-state index contributed by atoms with van der Waals surface area (Å²) < 4.78 is 10.5. The molecule has 0 fully saturated rings. The van der Waals surface area contributed by atoms with Gasteiger partial charge in [0.05, 0.1) is 23.9 Å². The van der Waals surface area contributed by atoms with Crippen molar-refractivity contribution in [2.75, 3.05) is 7.11 Å². The molecule has 7 heteroatoms. The first-order valence-corrected chi connectivity index (χ1v) is 8.25. The van der Waals surface area contributed by atoms with Crippen LogP contribution in [0.2, 0.25) is 0 Å². The largest absolute Gasteiger partial charge is 0.497 e. The number of ether oxygens (including phenoxy) is 1. The number of thioether (sulfide) groups is 1. The molecule has 116 valence electrons. The molecule has 0 aliphatic heterocycles. The van der Waals surface area contributed by atoms with Gasteiger partial charge in [-0.2, -0.15) is 4.98 Å². The topological polar surface area (TPSA) is 76.8 Å². The molecular formula is C15H18N4O2S. The second kappa shape index (κ2) is 6.83. The van der Waals surface area contributed by atoms with Gasteiger partial charge in [0.2, 0.25) is 5.89 Å². The monoisotopic (exact) mass is 318 g/mol. The maximum atomic E-state index is 5.25. The number of aromatic amines is 1. The summed E-state index contributed by atoms with van der Waals surface area (Å²) in [7, 11) is 1.65. The summed E-state index contributed by atoms with van der Waals surface area (Å²) in [6.45, 7) is 2.15. The smallest absolute Gasteiger partial charge is 0.237 e. The zero-order valence-corrected chi connectivity index (χ0v) is 13.4. The average molecular weight is 318 g/mol. The van der Waals surface area contributed by atoms with Crippen LogP contribution in [-0.2, 0) is 12.2 Å². The van der Waals surface area contributed by atoms with E-state index in [-0.39, 0.29) is 0 Å². The number of nitrogens with one attached hydrogen (secondary N) is 1. The summed E-state index contributed by atoms with van der Waals surface area (Å²) in [5.74, 6) is 2.84. The molecule has 0 amide bonds. The molecule has 0 unspecified atom stereocenters. The number of aromatic nitrogens is 4. The molecule has 0 aliphatic carbocycles. The van der Waals surface area contributed by atoms with E-state index in [0.29, 0.717) is 11.6 Å². The van der Waals surface area contributed by atoms with Crippen molar-refractivity contribution in [1.82, 2.24) is 20.1 Å². The number of hydrogen-bond acceptors (Lipinski definition) is 6. The molecule has 0 atom stereocenters. The van der Waals surface area contributed by atoms with Gasteiger partial charge in [0.25, 0.3) is 0 Å². The molecule has 22 heavy (non-hydrogen) atoms. The second-order valence-electron chi connectivity index (χ2n) is 4.92. The Labute approximate surface area is 132 Å². The second-order valence-corrected chi connectivity index (χ2v) is 5.89. The highest BCUT2D eigenvalue weighted by atomic mass is 32.2. The number of fused-ring (bicyclic) bond motifs is 1. The maximum absolute atomic E-state index is 5.25. The van der Waals surface area contributed by atoms with Gasteiger partial charge in [0.15, 0.2) is 11.0 Å². The lowest BCUT2D eigenvalue weighted by molar-refractivity contribution is 0.384. The Morgan fingerprint density at radius 3 is 3.05 bits per heavy atom. The lowest BCUT2D eigenvalue weighted by Crippen LogP contribution is -1.88. The SMILES string of the molecule is CCCCc1noc(CSc2nc3ccc(OC)cc3[nH]2)n1. The Bertz CT molecular complexity index is 753. The summed E-state index contributed by atoms with van der Waals surface area (Å²) in [5.41, 5.74) is 1.87. The van der Waals surface area contributed by atoms with Crippen LogP contribution in [0.1, 0.15) is 31.5 Å². The molecule has 0 radical (unpaired) electrons. The van der Waals surface area contributed by atoms with Crippen LogP contribution in [0, 0.1) is 0 Å². The van der Waals surface area contributed by atoms with Gasteiger partial charge >= 0.3 is 0 Å². The van der Waals surface area contributed by atoms with Crippen LogP contribution in [0.5, 0.6) is 5.75 Å². The quantitative estimate of drug-likeness (QED) is 0.671. The first-order chi connectivity index (χ1) is 10.8. The van der Waals surface area contributed by atoms with Crippen molar-refractivity contribution in [2.24, 2.45) is 0 Å². The predicted molar refractivity (Wildman–Crippen MR) is 85.1 cm³/mol. The lowest BCUT2D eigenvalue weighted by Gasteiger charge is -1.96. The third kappa shape index (κ3) is 3.41. The number of aryl methyl sites for hydroxylation is 1. The highest BCUT2D eigenvalue weighted by molar-refractivity contribution is 7.98. The molecule has 2 heterocycles. The van der Waals surface area contributed by atoms with Gasteiger partial charge in [0, 0.05) is 12.5 Å². The average Bonchev–Trinajstić information content (AvgIpc) is 3.16. The van der Waals surface area contributed by atoms with Crippen LogP contribution in [0.3, 0.4) is 0 Å². The minimum absolute atomic E-state index is 0.607. The predicted octanol–water partition coefficient (Wildman–Crippen LogP) is 3.59. The van der Waals surface area contributed by atoms with E-state index >= 15 is 0 Å². The number of rotatable bonds is 7. The molecule has 6 nitrogen and oxygen atoms in total. The van der Waals surface area contributed by atoms with Crippen molar-refractivity contribution < 1.29 is 9.26 Å². The molecule has 0 saturated carbocycles. The molecule has 0 saturated heterocycles. The van der Waals surface area contributed by atoms with E-state index in [1.807, 2.05) is 18.2 Å². The first kappa shape index (κ1) is 14.9. The first-order valence-electron chi connectivity index (χ1n) is 7.26. The van der Waals surface area contributed by atoms with Gasteiger partial charge in [-0.25, -0.2) is 4.98 Å². The van der Waals surface area contributed by atoms with Crippen LogP contribution < -0.4 is 4.74 Å². The van der Waals surface area contributed by atoms with Crippen LogP contribution in [0.25, 0.3) is 11.0 Å². The molecule has 3 aromatic rings. The van der Waals surface area contributed by atoms with Crippen molar-refractivity contribution in [2.45, 2.75) is 37.1 Å². The highest BCUT2D eigenvalue weighted by Gasteiger charge is 2.09. The molecule has 0 aliphatic rings. The number of unbranched alkanes of at least 4 members (excludes halogenated alkanes) is 1. The number of H-pyrrole nitrogens is 1. The number of benzene rings is 1. The summed E-state index contributed by atoms with van der Waals surface area (Å²) >= 11 is 1.55. The van der Waals surface area contributed by atoms with Gasteiger partial charge in [-0.1, -0.05) is 30.3 Å². The van der Waals surface area contributed by atoms with Crippen molar-refractivity contribution in [3.8, 4) is 5.75 Å². The molecule has 0 bridgehead atoms. The van der Waals surface area contributed by atoms with E-state index < -0.39 is 0 Å². The van der Waals surface area contributed by atoms with Gasteiger partial charge < -0.3 is 14.2 Å². The maximum Gasteiger partial charge on any atom is 0.237 e. The van der Waals surface area contributed by atoms with Crippen LogP contribution in [-0.4, -0.2) is 27.2 Å². The number of methoxy groups -OCH3 is 1. The molecule has 1 aromatic carbocycles. The number of hydrogen-bond donors (Lipinski definition) is 1. The van der Waals surface area contributed by atoms with E-state index in [1.165, 1.54) is 0 Å². The molecule has 3 rings (SSSR count). The van der Waals surface area contributed by atoms with E-state index in [1.54, 1.807) is 18.9 Å². The number of imidazole rings is 1. The third-order valence-electron chi connectivity index (χ3n) is 3.26. The molecule has 1 N–H and O–H groups in total. The Hall–Kier alpha value is -2.02. The van der Waals surface area contributed by atoms with Crippen LogP contribution >= 0.6 is 11.8 Å². The Morgan fingerprint density at radius 2 is 2.23 bits per heavy atom. The molecular weight excluding hydrogens is 300 g/mol. The van der Waals surface area contributed by atoms with Crippen molar-refractivity contribution >= 4 is 22.8 Å². The number of nitrogens with zero attached hydrogens (tertiary/aromatic N) is 3. The fraction of sp³-hybridized carbons (Fsp3) is 0.400. The lowest BCUT2D eigenvalue weighted by atomic mass is 10.2. The normalized spacial score (nSPS) is 11.2. The minimum atomic E-state index is 0.607. The molecule has 2 aromatic heterocycles. The fourth-order valence-corrected chi connectivity index (χ4v) is 2.80. The van der Waals surface area contributed by atoms with Crippen LogP contribution in [0.15, 0.2) is 27.9 Å². The van der Waals surface area contributed by atoms with Gasteiger partial charge in [-0.3, -0.25) is 0 Å². The van der Waals surface area contributed by atoms with Crippen LogP contribution in [0.4, 0.5) is 0 Å². The zero-order valence-electron chi connectivity index (χ0n) is 12.6. The summed E-state index contributed by atoms with van der Waals surface area (Å²) in [6, 6.07) is 5.77. The van der Waals surface area contributed by atoms with E-state index in [2.05, 4.69) is 27.0 Å². The zero-order chi connectivity index (χ0) is 15.4. The standard InChI is InChI=1S/C15H18N4O2S/c1-3-4-5-13-18-14(21-19-13)9-22-15-16-11-7-6-10(20-2)8-12(11)17-15/h6-8H,3-5,9H2,1-2H3,(H,16,17). The fourth-order valence-electron chi connectivity index (χ4n) is 2.08. The van der Waals surface area contributed by atoms with E-state index in [9.17, 15) is 0 Å².